The molecule has 0 aliphatic carbocycles. The second-order valence-corrected chi connectivity index (χ2v) is 8.43. The second kappa shape index (κ2) is 8.34. The van der Waals surface area contributed by atoms with Crippen molar-refractivity contribution in [3.63, 3.8) is 0 Å². The number of ether oxygens (including phenoxy) is 1. The van der Waals surface area contributed by atoms with E-state index in [-0.39, 0.29) is 5.91 Å². The first-order valence-corrected chi connectivity index (χ1v) is 10.3. The predicted molar refractivity (Wildman–Crippen MR) is 98.6 cm³/mol. The van der Waals surface area contributed by atoms with E-state index in [1.807, 2.05) is 24.3 Å². The van der Waals surface area contributed by atoms with Gasteiger partial charge in [-0.15, -0.1) is 0 Å². The molecule has 0 spiro atoms. The summed E-state index contributed by atoms with van der Waals surface area (Å²) >= 11 is 0. The molecule has 0 bridgehead atoms. The van der Waals surface area contributed by atoms with Crippen LogP contribution >= 0.6 is 0 Å². The van der Waals surface area contributed by atoms with Crippen LogP contribution in [-0.2, 0) is 26.2 Å². The summed E-state index contributed by atoms with van der Waals surface area (Å²) in [7, 11) is -3.46. The van der Waals surface area contributed by atoms with Gasteiger partial charge >= 0.3 is 0 Å². The molecular weight excluding hydrogens is 356 g/mol. The number of morpholine rings is 1. The molecule has 1 amide bonds. The van der Waals surface area contributed by atoms with Gasteiger partial charge in [0, 0.05) is 51.4 Å². The third-order valence-electron chi connectivity index (χ3n) is 4.88. The van der Waals surface area contributed by atoms with Crippen molar-refractivity contribution in [2.45, 2.75) is 12.8 Å². The molecular formula is C17H26N4O4S. The number of nitrogens with zero attached hydrogens (tertiary/aromatic N) is 3. The molecule has 3 rings (SSSR count). The van der Waals surface area contributed by atoms with Gasteiger partial charge in [-0.1, -0.05) is 18.2 Å². The lowest BCUT2D eigenvalue weighted by molar-refractivity contribution is -0.132. The zero-order valence-corrected chi connectivity index (χ0v) is 15.7. The molecule has 0 unspecified atom stereocenters. The van der Waals surface area contributed by atoms with Crippen LogP contribution in [0.25, 0.3) is 0 Å². The second-order valence-electron chi connectivity index (χ2n) is 6.50. The zero-order chi connectivity index (χ0) is 18.6. The van der Waals surface area contributed by atoms with Gasteiger partial charge in [-0.2, -0.15) is 17.0 Å². The van der Waals surface area contributed by atoms with Crippen LogP contribution in [0.4, 0.5) is 5.69 Å². The summed E-state index contributed by atoms with van der Waals surface area (Å²) in [6.07, 6.45) is 0.974. The van der Waals surface area contributed by atoms with Crippen LogP contribution in [0.2, 0.25) is 0 Å². The molecule has 0 radical (unpaired) electrons. The predicted octanol–water partition coefficient (Wildman–Crippen LogP) is -0.0774. The van der Waals surface area contributed by atoms with Gasteiger partial charge in [-0.3, -0.25) is 4.79 Å². The molecule has 8 nitrogen and oxygen atoms in total. The fourth-order valence-electron chi connectivity index (χ4n) is 3.27. The highest BCUT2D eigenvalue weighted by Crippen LogP contribution is 2.16. The Morgan fingerprint density at radius 1 is 1.00 bits per heavy atom. The molecule has 2 heterocycles. The lowest BCUT2D eigenvalue weighted by atomic mass is 10.1. The number of carbonyl (C=O) groups is 1. The largest absolute Gasteiger partial charge is 0.399 e. The maximum atomic E-state index is 12.6. The van der Waals surface area contributed by atoms with E-state index in [0.29, 0.717) is 71.0 Å². The Morgan fingerprint density at radius 2 is 1.62 bits per heavy atom. The van der Waals surface area contributed by atoms with Crippen LogP contribution in [-0.4, -0.2) is 80.3 Å². The number of hydrogen-bond donors (Lipinski definition) is 1. The van der Waals surface area contributed by atoms with Crippen molar-refractivity contribution in [3.05, 3.63) is 29.8 Å². The van der Waals surface area contributed by atoms with Crippen LogP contribution in [0.1, 0.15) is 12.0 Å². The topological polar surface area (TPSA) is 96.2 Å². The number of carbonyl (C=O) groups excluding carboxylic acids is 1. The molecule has 2 fully saturated rings. The molecule has 0 aromatic heterocycles. The number of piperazine rings is 1. The molecule has 0 saturated carbocycles. The minimum Gasteiger partial charge on any atom is -0.399 e. The first-order valence-electron chi connectivity index (χ1n) is 8.92. The zero-order valence-electron chi connectivity index (χ0n) is 14.8. The molecule has 144 valence electrons. The van der Waals surface area contributed by atoms with Crippen LogP contribution < -0.4 is 5.73 Å². The number of rotatable bonds is 5. The quantitative estimate of drug-likeness (QED) is 0.719. The van der Waals surface area contributed by atoms with Gasteiger partial charge in [-0.25, -0.2) is 0 Å². The first kappa shape index (κ1) is 19.1. The van der Waals surface area contributed by atoms with E-state index in [9.17, 15) is 13.2 Å². The Kier molecular flexibility index (Phi) is 6.13. The number of nitrogens with two attached hydrogens (primary N) is 1. The standard InChI is InChI=1S/C17H26N4O4S/c18-16-4-2-1-3-15(16)5-6-17(22)19-7-9-20(10-8-19)26(23,24)21-11-13-25-14-12-21/h1-4H,5-14,18H2. The number of benzene rings is 1. The maximum absolute atomic E-state index is 12.6. The fourth-order valence-corrected chi connectivity index (χ4v) is 4.83. The fraction of sp³-hybridized carbons (Fsp3) is 0.588. The number of anilines is 1. The van der Waals surface area contributed by atoms with Gasteiger partial charge in [0.2, 0.25) is 5.91 Å². The number of nitrogen functional groups attached to an aromatic ring is 1. The monoisotopic (exact) mass is 382 g/mol. The highest BCUT2D eigenvalue weighted by molar-refractivity contribution is 7.86. The molecule has 2 N–H and O–H groups in total. The number of hydrogen-bond acceptors (Lipinski definition) is 5. The van der Waals surface area contributed by atoms with Crippen molar-refractivity contribution < 1.29 is 17.9 Å². The van der Waals surface area contributed by atoms with E-state index in [1.54, 1.807) is 4.90 Å². The Morgan fingerprint density at radius 3 is 2.27 bits per heavy atom. The van der Waals surface area contributed by atoms with Crippen molar-refractivity contribution in [3.8, 4) is 0 Å². The van der Waals surface area contributed by atoms with Gasteiger partial charge < -0.3 is 15.4 Å². The van der Waals surface area contributed by atoms with Crippen LogP contribution in [0, 0.1) is 0 Å². The minimum atomic E-state index is -3.46. The average molecular weight is 382 g/mol. The Balaban J connectivity index is 1.50. The summed E-state index contributed by atoms with van der Waals surface area (Å²) in [4.78, 5) is 14.2. The average Bonchev–Trinajstić information content (AvgIpc) is 2.68. The van der Waals surface area contributed by atoms with Crippen molar-refractivity contribution in [2.75, 3.05) is 58.2 Å². The summed E-state index contributed by atoms with van der Waals surface area (Å²) in [6.45, 7) is 3.15. The normalized spacial score (nSPS) is 20.2. The molecule has 2 saturated heterocycles. The summed E-state index contributed by atoms with van der Waals surface area (Å²) < 4.78 is 33.4. The molecule has 9 heteroatoms. The third-order valence-corrected chi connectivity index (χ3v) is 6.91. The van der Waals surface area contributed by atoms with E-state index in [0.717, 1.165) is 5.56 Å². The highest BCUT2D eigenvalue weighted by atomic mass is 32.2. The van der Waals surface area contributed by atoms with E-state index < -0.39 is 10.2 Å². The molecule has 2 aliphatic rings. The first-order chi connectivity index (χ1) is 12.5. The summed E-state index contributed by atoms with van der Waals surface area (Å²) in [5.74, 6) is 0.0386. The summed E-state index contributed by atoms with van der Waals surface area (Å²) in [6, 6.07) is 7.53. The third kappa shape index (κ3) is 4.35. The number of aryl methyl sites for hydroxylation is 1. The van der Waals surface area contributed by atoms with E-state index in [2.05, 4.69) is 0 Å². The Labute approximate surface area is 154 Å². The van der Waals surface area contributed by atoms with Gasteiger partial charge in [0.15, 0.2) is 0 Å². The van der Waals surface area contributed by atoms with Crippen LogP contribution in [0.5, 0.6) is 0 Å². The van der Waals surface area contributed by atoms with E-state index in [4.69, 9.17) is 10.5 Å². The summed E-state index contributed by atoms with van der Waals surface area (Å²) in [5.41, 5.74) is 7.57. The number of para-hydroxylation sites is 1. The Bertz CT molecular complexity index is 726. The smallest absolute Gasteiger partial charge is 0.282 e. The lowest BCUT2D eigenvalue weighted by Gasteiger charge is -2.37. The SMILES string of the molecule is Nc1ccccc1CCC(=O)N1CCN(S(=O)(=O)N2CCOCC2)CC1. The van der Waals surface area contributed by atoms with Crippen LogP contribution in [0.15, 0.2) is 24.3 Å². The minimum absolute atomic E-state index is 0.0386. The Hall–Kier alpha value is -1.68. The molecule has 0 atom stereocenters. The van der Waals surface area contributed by atoms with E-state index in [1.165, 1.54) is 8.61 Å². The highest BCUT2D eigenvalue weighted by Gasteiger charge is 2.34. The summed E-state index contributed by atoms with van der Waals surface area (Å²) in [5, 5.41) is 0. The van der Waals surface area contributed by atoms with Crippen molar-refractivity contribution in [2.24, 2.45) is 0 Å². The van der Waals surface area contributed by atoms with Crippen LogP contribution in [0.3, 0.4) is 0 Å². The van der Waals surface area contributed by atoms with Crippen molar-refractivity contribution in [1.82, 2.24) is 13.5 Å². The van der Waals surface area contributed by atoms with Crippen molar-refractivity contribution in [1.29, 1.82) is 0 Å². The molecule has 26 heavy (non-hydrogen) atoms. The van der Waals surface area contributed by atoms with Gasteiger partial charge in [-0.05, 0) is 18.1 Å². The number of amides is 1. The molecule has 2 aliphatic heterocycles. The van der Waals surface area contributed by atoms with Gasteiger partial charge in [0.05, 0.1) is 13.2 Å². The molecule has 1 aromatic rings. The van der Waals surface area contributed by atoms with Gasteiger partial charge in [0.25, 0.3) is 10.2 Å². The maximum Gasteiger partial charge on any atom is 0.282 e. The lowest BCUT2D eigenvalue weighted by Crippen LogP contribution is -2.55. The van der Waals surface area contributed by atoms with Gasteiger partial charge in [0.1, 0.15) is 0 Å². The van der Waals surface area contributed by atoms with E-state index >= 15 is 0 Å². The van der Waals surface area contributed by atoms with Crippen molar-refractivity contribution >= 4 is 21.8 Å². The molecule has 1 aromatic carbocycles.